The monoisotopic (exact) mass is 579 g/mol. The summed E-state index contributed by atoms with van der Waals surface area (Å²) in [7, 11) is 0. The summed E-state index contributed by atoms with van der Waals surface area (Å²) in [5, 5.41) is 13.0. The van der Waals surface area contributed by atoms with Gasteiger partial charge in [-0.1, -0.05) is 54.6 Å². The molecule has 2 aromatic heterocycles. The van der Waals surface area contributed by atoms with Crippen LogP contribution in [0, 0.1) is 0 Å². The summed E-state index contributed by atoms with van der Waals surface area (Å²) in [5.74, 6) is -1.61. The number of amides is 1. The van der Waals surface area contributed by atoms with Gasteiger partial charge in [-0.25, -0.2) is 24.5 Å². The highest BCUT2D eigenvalue weighted by atomic mass is 16.6. The minimum atomic E-state index is -1.22. The van der Waals surface area contributed by atoms with Gasteiger partial charge in [0.05, 0.1) is 24.1 Å². The lowest BCUT2D eigenvalue weighted by Crippen LogP contribution is -2.40. The first kappa shape index (κ1) is 27.7. The molecule has 1 amide bonds. The standard InChI is InChI=1S/C31H25N5O7/c37-16-22-24(42-30(39)20-12-6-2-7-13-20)25(43-31(40)21-14-8-3-9-15-21)29(41-22)36-18-34-23-26(32-17-33-27(23)36)35-28(38)19-10-4-1-5-11-19/h1-15,17-18,22,24-25,29,37H,16H2,(H,32,33,35,38)/t22-,24+,25+,29-/m1/s1. The molecule has 216 valence electrons. The van der Waals surface area contributed by atoms with Crippen LogP contribution in [-0.4, -0.2) is 67.4 Å². The van der Waals surface area contributed by atoms with E-state index >= 15 is 0 Å². The highest BCUT2D eigenvalue weighted by Gasteiger charge is 2.51. The normalized spacial score (nSPS) is 19.6. The lowest BCUT2D eigenvalue weighted by molar-refractivity contribution is -0.0566. The van der Waals surface area contributed by atoms with E-state index < -0.39 is 49.0 Å². The molecule has 43 heavy (non-hydrogen) atoms. The number of imidazole rings is 1. The number of carbonyl (C=O) groups is 3. The molecule has 3 heterocycles. The van der Waals surface area contributed by atoms with Crippen molar-refractivity contribution in [3.63, 3.8) is 0 Å². The van der Waals surface area contributed by atoms with Crippen LogP contribution in [0.4, 0.5) is 5.82 Å². The SMILES string of the molecule is O=C(Nc1ncnc2c1ncn2[C@@H]1O[C@H](CO)[C@H](OC(=O)c2ccccc2)[C@@H]1OC(=O)c1ccccc1)c1ccccc1. The molecule has 1 saturated heterocycles. The highest BCUT2D eigenvalue weighted by Crippen LogP contribution is 2.37. The van der Waals surface area contributed by atoms with Gasteiger partial charge in [0.15, 0.2) is 35.4 Å². The minimum Gasteiger partial charge on any atom is -0.452 e. The zero-order valence-corrected chi connectivity index (χ0v) is 22.5. The lowest BCUT2D eigenvalue weighted by atomic mass is 10.1. The molecule has 3 aromatic carbocycles. The van der Waals surface area contributed by atoms with Crippen LogP contribution in [0.3, 0.4) is 0 Å². The van der Waals surface area contributed by atoms with Gasteiger partial charge in [-0.05, 0) is 36.4 Å². The summed E-state index contributed by atoms with van der Waals surface area (Å²) >= 11 is 0. The van der Waals surface area contributed by atoms with E-state index in [1.54, 1.807) is 91.0 Å². The molecular formula is C31H25N5O7. The molecule has 0 spiro atoms. The fourth-order valence-electron chi connectivity index (χ4n) is 4.78. The number of aliphatic hydroxyl groups is 1. The van der Waals surface area contributed by atoms with Gasteiger partial charge in [0.1, 0.15) is 12.4 Å². The maximum atomic E-state index is 13.2. The Kier molecular flexibility index (Phi) is 7.85. The van der Waals surface area contributed by atoms with E-state index in [1.165, 1.54) is 17.2 Å². The molecule has 0 unspecified atom stereocenters. The zero-order chi connectivity index (χ0) is 29.8. The largest absolute Gasteiger partial charge is 0.452 e. The Morgan fingerprint density at radius 1 is 0.767 bits per heavy atom. The van der Waals surface area contributed by atoms with Crippen LogP contribution in [0.5, 0.6) is 0 Å². The van der Waals surface area contributed by atoms with E-state index in [4.69, 9.17) is 14.2 Å². The molecule has 1 fully saturated rings. The van der Waals surface area contributed by atoms with Crippen LogP contribution in [0.1, 0.15) is 37.3 Å². The molecule has 0 saturated carbocycles. The molecule has 1 aliphatic rings. The van der Waals surface area contributed by atoms with Crippen LogP contribution in [0.15, 0.2) is 104 Å². The maximum Gasteiger partial charge on any atom is 0.338 e. The number of hydrogen-bond donors (Lipinski definition) is 2. The van der Waals surface area contributed by atoms with E-state index in [0.29, 0.717) is 5.56 Å². The first-order chi connectivity index (χ1) is 21.0. The van der Waals surface area contributed by atoms with Gasteiger partial charge < -0.3 is 24.6 Å². The zero-order valence-electron chi connectivity index (χ0n) is 22.5. The average Bonchev–Trinajstić information content (AvgIpc) is 3.64. The number of carbonyl (C=O) groups excluding carboxylic acids is 3. The average molecular weight is 580 g/mol. The van der Waals surface area contributed by atoms with Crippen molar-refractivity contribution < 1.29 is 33.7 Å². The summed E-state index contributed by atoms with van der Waals surface area (Å²) in [6, 6.07) is 25.2. The van der Waals surface area contributed by atoms with Crippen LogP contribution < -0.4 is 5.32 Å². The van der Waals surface area contributed by atoms with Crippen molar-refractivity contribution in [2.45, 2.75) is 24.5 Å². The molecule has 0 radical (unpaired) electrons. The number of fused-ring (bicyclic) bond motifs is 1. The second-order valence-corrected chi connectivity index (χ2v) is 9.59. The molecule has 12 heteroatoms. The molecular weight excluding hydrogens is 554 g/mol. The Labute approximate surface area is 244 Å². The van der Waals surface area contributed by atoms with E-state index in [9.17, 15) is 19.5 Å². The van der Waals surface area contributed by atoms with Gasteiger partial charge in [-0.3, -0.25) is 9.36 Å². The quantitative estimate of drug-likeness (QED) is 0.261. The highest BCUT2D eigenvalue weighted by molar-refractivity contribution is 6.06. The molecule has 4 atom stereocenters. The smallest absolute Gasteiger partial charge is 0.338 e. The third kappa shape index (κ3) is 5.69. The van der Waals surface area contributed by atoms with Crippen molar-refractivity contribution in [1.82, 2.24) is 19.5 Å². The van der Waals surface area contributed by atoms with Crippen LogP contribution in [0.2, 0.25) is 0 Å². The van der Waals surface area contributed by atoms with Crippen molar-refractivity contribution in [1.29, 1.82) is 0 Å². The minimum absolute atomic E-state index is 0.152. The number of nitrogens with zero attached hydrogens (tertiary/aromatic N) is 4. The van der Waals surface area contributed by atoms with Gasteiger partial charge in [-0.2, -0.15) is 0 Å². The molecule has 12 nitrogen and oxygen atoms in total. The summed E-state index contributed by atoms with van der Waals surface area (Å²) < 4.78 is 19.3. The van der Waals surface area contributed by atoms with E-state index in [1.807, 2.05) is 0 Å². The molecule has 0 aliphatic carbocycles. The number of benzene rings is 3. The predicted octanol–water partition coefficient (Wildman–Crippen LogP) is 3.42. The number of hydrogen-bond acceptors (Lipinski definition) is 10. The van der Waals surface area contributed by atoms with Gasteiger partial charge in [0.2, 0.25) is 0 Å². The van der Waals surface area contributed by atoms with Crippen LogP contribution in [-0.2, 0) is 14.2 Å². The van der Waals surface area contributed by atoms with Crippen molar-refractivity contribution in [3.8, 4) is 0 Å². The second kappa shape index (κ2) is 12.2. The van der Waals surface area contributed by atoms with E-state index in [0.717, 1.165) is 0 Å². The number of aromatic nitrogens is 4. The van der Waals surface area contributed by atoms with Crippen LogP contribution in [0.25, 0.3) is 11.2 Å². The third-order valence-corrected chi connectivity index (χ3v) is 6.87. The van der Waals surface area contributed by atoms with Gasteiger partial charge in [-0.15, -0.1) is 0 Å². The molecule has 6 rings (SSSR count). The number of esters is 2. The van der Waals surface area contributed by atoms with Gasteiger partial charge >= 0.3 is 11.9 Å². The second-order valence-electron chi connectivity index (χ2n) is 9.59. The fraction of sp³-hybridized carbons (Fsp3) is 0.161. The maximum absolute atomic E-state index is 13.2. The summed E-state index contributed by atoms with van der Waals surface area (Å²) in [4.78, 5) is 52.0. The number of aliphatic hydroxyl groups excluding tert-OH is 1. The Hall–Kier alpha value is -5.46. The molecule has 2 N–H and O–H groups in total. The van der Waals surface area contributed by atoms with Gasteiger partial charge in [0.25, 0.3) is 5.91 Å². The Balaban J connectivity index is 1.35. The fourth-order valence-corrected chi connectivity index (χ4v) is 4.78. The first-order valence-corrected chi connectivity index (χ1v) is 13.4. The van der Waals surface area contributed by atoms with Crippen LogP contribution >= 0.6 is 0 Å². The Morgan fingerprint density at radius 3 is 1.91 bits per heavy atom. The Bertz CT molecular complexity index is 1750. The molecule has 1 aliphatic heterocycles. The first-order valence-electron chi connectivity index (χ1n) is 13.4. The number of nitrogens with one attached hydrogen (secondary N) is 1. The number of anilines is 1. The molecule has 0 bridgehead atoms. The number of rotatable bonds is 8. The van der Waals surface area contributed by atoms with E-state index in [2.05, 4.69) is 20.3 Å². The number of ether oxygens (including phenoxy) is 3. The summed E-state index contributed by atoms with van der Waals surface area (Å²) in [5.41, 5.74) is 1.46. The topological polar surface area (TPSA) is 155 Å². The summed E-state index contributed by atoms with van der Waals surface area (Å²) in [6.07, 6.45) is -1.93. The predicted molar refractivity (Wildman–Crippen MR) is 152 cm³/mol. The van der Waals surface area contributed by atoms with Crippen molar-refractivity contribution in [2.24, 2.45) is 0 Å². The summed E-state index contributed by atoms with van der Waals surface area (Å²) in [6.45, 7) is -0.539. The Morgan fingerprint density at radius 2 is 1.33 bits per heavy atom. The lowest BCUT2D eigenvalue weighted by Gasteiger charge is -2.24. The van der Waals surface area contributed by atoms with Crippen molar-refractivity contribution in [3.05, 3.63) is 120 Å². The van der Waals surface area contributed by atoms with Crippen molar-refractivity contribution in [2.75, 3.05) is 11.9 Å². The van der Waals surface area contributed by atoms with E-state index in [-0.39, 0.29) is 28.1 Å². The van der Waals surface area contributed by atoms with Gasteiger partial charge in [0, 0.05) is 5.56 Å². The van der Waals surface area contributed by atoms with Crippen molar-refractivity contribution >= 4 is 34.8 Å². The third-order valence-electron chi connectivity index (χ3n) is 6.87. The molecule has 5 aromatic rings.